The van der Waals surface area contributed by atoms with Crippen molar-refractivity contribution in [2.45, 2.75) is 59.6 Å². The molecular formula is C25H37F3N4O3. The molecule has 196 valence electrons. The van der Waals surface area contributed by atoms with Crippen LogP contribution in [0.25, 0.3) is 0 Å². The van der Waals surface area contributed by atoms with Gasteiger partial charge in [0.15, 0.2) is 5.82 Å². The maximum Gasteiger partial charge on any atom is 0.490 e. The summed E-state index contributed by atoms with van der Waals surface area (Å²) in [6.07, 6.45) is -0.458. The number of fused-ring (bicyclic) bond motifs is 1. The lowest BCUT2D eigenvalue weighted by Crippen LogP contribution is -2.31. The largest absolute Gasteiger partial charge is 0.490 e. The Morgan fingerprint density at radius 1 is 1.20 bits per heavy atom. The average Bonchev–Trinajstić information content (AvgIpc) is 3.09. The molecule has 1 aliphatic rings. The molecule has 0 saturated carbocycles. The van der Waals surface area contributed by atoms with E-state index in [2.05, 4.69) is 61.4 Å². The van der Waals surface area contributed by atoms with Crippen molar-refractivity contribution in [2.75, 3.05) is 43.2 Å². The van der Waals surface area contributed by atoms with Crippen LogP contribution in [-0.2, 0) is 23.0 Å². The van der Waals surface area contributed by atoms with Gasteiger partial charge in [0, 0.05) is 45.0 Å². The number of nitrogens with zero attached hydrogens (tertiary/aromatic N) is 4. The Hall–Kier alpha value is -2.75. The first-order valence-corrected chi connectivity index (χ1v) is 11.9. The average molecular weight is 499 g/mol. The van der Waals surface area contributed by atoms with Gasteiger partial charge in [0.1, 0.15) is 5.82 Å². The number of methoxy groups -OCH3 is 1. The highest BCUT2D eigenvalue weighted by Gasteiger charge is 2.38. The van der Waals surface area contributed by atoms with Gasteiger partial charge >= 0.3 is 12.1 Å². The molecule has 10 heteroatoms. The molecule has 7 nitrogen and oxygen atoms in total. The van der Waals surface area contributed by atoms with Gasteiger partial charge in [-0.25, -0.2) is 4.79 Å². The molecular weight excluding hydrogens is 461 g/mol. The summed E-state index contributed by atoms with van der Waals surface area (Å²) in [6.45, 7) is 12.6. The zero-order valence-electron chi connectivity index (χ0n) is 21.5. The van der Waals surface area contributed by atoms with Crippen molar-refractivity contribution in [1.82, 2.24) is 9.78 Å². The first kappa shape index (κ1) is 28.5. The molecule has 2 aromatic rings. The maximum absolute atomic E-state index is 10.6. The van der Waals surface area contributed by atoms with Crippen LogP contribution in [0.1, 0.15) is 48.4 Å². The normalized spacial score (nSPS) is 13.2. The molecule has 0 aliphatic carbocycles. The molecule has 0 bridgehead atoms. The minimum Gasteiger partial charge on any atom is -0.475 e. The van der Waals surface area contributed by atoms with E-state index in [1.807, 2.05) is 0 Å². The highest BCUT2D eigenvalue weighted by molar-refractivity contribution is 5.74. The Balaban J connectivity index is 0.000000540. The van der Waals surface area contributed by atoms with Crippen LogP contribution in [0.15, 0.2) is 12.1 Å². The molecule has 1 aromatic heterocycles. The second-order valence-electron chi connectivity index (χ2n) is 8.89. The molecule has 35 heavy (non-hydrogen) atoms. The number of aryl methyl sites for hydroxylation is 4. The molecule has 0 amide bonds. The van der Waals surface area contributed by atoms with E-state index in [4.69, 9.17) is 19.7 Å². The smallest absolute Gasteiger partial charge is 0.475 e. The standard InChI is InChI=1S/C23H36N4O.C2HF3O2/c1-7-8-11-26(13-14-28-6)23-20-10-9-12-27(22(20)24-25(23)5)21-18(3)15-17(2)16-19(21)4;3-2(4,5)1(6)7/h15-16H,7-14H2,1-6H3;(H,6,7). The number of halogens is 3. The number of rotatable bonds is 8. The fraction of sp³-hybridized carbons (Fsp3) is 0.600. The van der Waals surface area contributed by atoms with Crippen molar-refractivity contribution in [2.24, 2.45) is 7.05 Å². The Labute approximate surface area is 205 Å². The third kappa shape index (κ3) is 7.13. The molecule has 0 fully saturated rings. The summed E-state index contributed by atoms with van der Waals surface area (Å²) >= 11 is 0. The van der Waals surface area contributed by atoms with Gasteiger partial charge in [-0.3, -0.25) is 4.68 Å². The molecule has 2 heterocycles. The van der Waals surface area contributed by atoms with Gasteiger partial charge in [-0.2, -0.15) is 18.3 Å². The lowest BCUT2D eigenvalue weighted by Gasteiger charge is -2.32. The molecule has 1 aliphatic heterocycles. The molecule has 0 unspecified atom stereocenters. The van der Waals surface area contributed by atoms with Crippen LogP contribution in [-0.4, -0.2) is 60.4 Å². The first-order chi connectivity index (χ1) is 16.4. The Kier molecular flexibility index (Phi) is 10.00. The number of carboxylic acids is 1. The third-order valence-electron chi connectivity index (χ3n) is 5.95. The summed E-state index contributed by atoms with van der Waals surface area (Å²) in [5, 5.41) is 12.1. The predicted molar refractivity (Wildman–Crippen MR) is 132 cm³/mol. The van der Waals surface area contributed by atoms with E-state index in [0.717, 1.165) is 44.9 Å². The number of hydrogen-bond donors (Lipinski definition) is 1. The molecule has 1 N–H and O–H groups in total. The molecule has 0 radical (unpaired) electrons. The Morgan fingerprint density at radius 3 is 2.31 bits per heavy atom. The maximum atomic E-state index is 10.6. The molecule has 1 aromatic carbocycles. The zero-order valence-corrected chi connectivity index (χ0v) is 21.5. The van der Waals surface area contributed by atoms with E-state index in [0.29, 0.717) is 0 Å². The number of aliphatic carboxylic acids is 1. The number of benzene rings is 1. The Bertz CT molecular complexity index is 974. The topological polar surface area (TPSA) is 70.8 Å². The number of unbranched alkanes of at least 4 members (excludes halogenated alkanes) is 1. The van der Waals surface area contributed by atoms with Gasteiger partial charge in [0.2, 0.25) is 0 Å². The lowest BCUT2D eigenvalue weighted by molar-refractivity contribution is -0.192. The summed E-state index contributed by atoms with van der Waals surface area (Å²) < 4.78 is 39.2. The van der Waals surface area contributed by atoms with E-state index in [1.165, 1.54) is 46.6 Å². The van der Waals surface area contributed by atoms with E-state index in [9.17, 15) is 13.2 Å². The van der Waals surface area contributed by atoms with Crippen LogP contribution in [0, 0.1) is 20.8 Å². The van der Waals surface area contributed by atoms with Gasteiger partial charge in [-0.1, -0.05) is 31.0 Å². The molecule has 0 atom stereocenters. The molecule has 0 saturated heterocycles. The van der Waals surface area contributed by atoms with E-state index in [1.54, 1.807) is 7.11 Å². The summed E-state index contributed by atoms with van der Waals surface area (Å²) in [6, 6.07) is 4.57. The number of alkyl halides is 3. The number of hydrogen-bond acceptors (Lipinski definition) is 5. The van der Waals surface area contributed by atoms with Crippen LogP contribution in [0.5, 0.6) is 0 Å². The van der Waals surface area contributed by atoms with E-state index >= 15 is 0 Å². The number of carbonyl (C=O) groups is 1. The van der Waals surface area contributed by atoms with Crippen LogP contribution in [0.2, 0.25) is 0 Å². The van der Waals surface area contributed by atoms with Crippen LogP contribution >= 0.6 is 0 Å². The second-order valence-corrected chi connectivity index (χ2v) is 8.89. The summed E-state index contributed by atoms with van der Waals surface area (Å²) in [4.78, 5) is 13.8. The summed E-state index contributed by atoms with van der Waals surface area (Å²) in [5.74, 6) is -0.349. The Morgan fingerprint density at radius 2 is 1.80 bits per heavy atom. The zero-order chi connectivity index (χ0) is 26.3. The highest BCUT2D eigenvalue weighted by Crippen LogP contribution is 2.40. The lowest BCUT2D eigenvalue weighted by atomic mass is 10.00. The van der Waals surface area contributed by atoms with Crippen molar-refractivity contribution in [3.8, 4) is 0 Å². The van der Waals surface area contributed by atoms with E-state index in [-0.39, 0.29) is 0 Å². The first-order valence-electron chi connectivity index (χ1n) is 11.9. The number of aromatic nitrogens is 2. The quantitative estimate of drug-likeness (QED) is 0.532. The SMILES string of the molecule is CCCCN(CCOC)c1c2c(nn1C)N(c1c(C)cc(C)cc1C)CCC2.O=C(O)C(F)(F)F. The van der Waals surface area contributed by atoms with Crippen molar-refractivity contribution < 1.29 is 27.8 Å². The van der Waals surface area contributed by atoms with Gasteiger partial charge < -0.3 is 19.6 Å². The number of anilines is 3. The van der Waals surface area contributed by atoms with Gasteiger partial charge in [0.25, 0.3) is 0 Å². The van der Waals surface area contributed by atoms with Crippen LogP contribution in [0.3, 0.4) is 0 Å². The van der Waals surface area contributed by atoms with Crippen LogP contribution in [0.4, 0.5) is 30.5 Å². The molecule has 0 spiro atoms. The third-order valence-corrected chi connectivity index (χ3v) is 5.95. The van der Waals surface area contributed by atoms with Crippen molar-refractivity contribution in [1.29, 1.82) is 0 Å². The van der Waals surface area contributed by atoms with Gasteiger partial charge in [0.05, 0.1) is 6.61 Å². The fourth-order valence-corrected chi connectivity index (χ4v) is 4.59. The monoisotopic (exact) mass is 498 g/mol. The predicted octanol–water partition coefficient (Wildman–Crippen LogP) is 5.32. The molecule has 3 rings (SSSR count). The number of ether oxygens (including phenoxy) is 1. The fourth-order valence-electron chi connectivity index (χ4n) is 4.59. The minimum absolute atomic E-state index is 0.740. The number of carboxylic acid groups (broad SMARTS) is 1. The van der Waals surface area contributed by atoms with Gasteiger partial charge in [-0.05, 0) is 51.2 Å². The van der Waals surface area contributed by atoms with E-state index < -0.39 is 12.1 Å². The second kappa shape index (κ2) is 12.3. The van der Waals surface area contributed by atoms with Crippen molar-refractivity contribution in [3.05, 3.63) is 34.4 Å². The summed E-state index contributed by atoms with van der Waals surface area (Å²) in [7, 11) is 3.87. The van der Waals surface area contributed by atoms with Crippen molar-refractivity contribution >= 4 is 23.3 Å². The highest BCUT2D eigenvalue weighted by atomic mass is 19.4. The van der Waals surface area contributed by atoms with Gasteiger partial charge in [-0.15, -0.1) is 0 Å². The van der Waals surface area contributed by atoms with Crippen LogP contribution < -0.4 is 9.80 Å². The van der Waals surface area contributed by atoms with Crippen molar-refractivity contribution in [3.63, 3.8) is 0 Å². The minimum atomic E-state index is -5.08. The summed E-state index contributed by atoms with van der Waals surface area (Å²) in [5.41, 5.74) is 6.70.